The molecule has 1 aliphatic rings. The number of hydrogen-bond donors (Lipinski definition) is 2. The van der Waals surface area contributed by atoms with E-state index >= 15 is 0 Å². The van der Waals surface area contributed by atoms with E-state index < -0.39 is 5.60 Å². The third-order valence-corrected chi connectivity index (χ3v) is 7.81. The maximum absolute atomic E-state index is 12.9. The highest BCUT2D eigenvalue weighted by Crippen LogP contribution is 2.47. The summed E-state index contributed by atoms with van der Waals surface area (Å²) in [5.74, 6) is 0. The molecule has 7 rings (SSSR count). The lowest BCUT2D eigenvalue weighted by molar-refractivity contribution is 0.125. The van der Waals surface area contributed by atoms with Gasteiger partial charge >= 0.3 is 0 Å². The summed E-state index contributed by atoms with van der Waals surface area (Å²) in [6.45, 7) is 1.44. The minimum atomic E-state index is -1.31. The van der Waals surface area contributed by atoms with Crippen LogP contribution in [0.1, 0.15) is 27.8 Å². The monoisotopic (exact) mass is 477 g/mol. The van der Waals surface area contributed by atoms with Crippen LogP contribution in [0.15, 0.2) is 127 Å². The van der Waals surface area contributed by atoms with Gasteiger partial charge in [0, 0.05) is 13.1 Å². The molecule has 37 heavy (non-hydrogen) atoms. The normalized spacial score (nSPS) is 13.2. The largest absolute Gasteiger partial charge is 0.376 e. The van der Waals surface area contributed by atoms with Crippen LogP contribution in [-0.4, -0.2) is 5.11 Å². The third-order valence-electron chi connectivity index (χ3n) is 7.81. The van der Waals surface area contributed by atoms with Crippen molar-refractivity contribution in [2.75, 3.05) is 0 Å². The average molecular weight is 478 g/mol. The van der Waals surface area contributed by atoms with Crippen molar-refractivity contribution >= 4 is 21.5 Å². The third kappa shape index (κ3) is 3.41. The maximum atomic E-state index is 12.9. The van der Waals surface area contributed by atoms with Gasteiger partial charge in [-0.1, -0.05) is 121 Å². The highest BCUT2D eigenvalue weighted by Gasteiger charge is 2.37. The molecule has 0 amide bonds. The van der Waals surface area contributed by atoms with Crippen LogP contribution in [0.3, 0.4) is 0 Å². The molecule has 6 aromatic rings. The molecule has 0 fully saturated rings. The van der Waals surface area contributed by atoms with Crippen molar-refractivity contribution in [1.29, 1.82) is 0 Å². The number of hydrogen-bond acceptors (Lipinski definition) is 2. The standard InChI is InChI=1S/C35H27NO/c37-35(27-13-3-1-4-14-27,28-15-5-2-6-16-28)32-21-25-12-8-10-18-30(25)34-31(32)23-36-22-26-20-19-24-11-7-9-17-29(24)33(26)34/h1-21,36-37H,22-23H2. The first kappa shape index (κ1) is 22.0. The van der Waals surface area contributed by atoms with Crippen LogP contribution in [-0.2, 0) is 18.7 Å². The van der Waals surface area contributed by atoms with Crippen LogP contribution >= 0.6 is 0 Å². The zero-order chi connectivity index (χ0) is 24.8. The number of aliphatic hydroxyl groups is 1. The van der Waals surface area contributed by atoms with Crippen LogP contribution in [0.2, 0.25) is 0 Å². The van der Waals surface area contributed by atoms with E-state index in [4.69, 9.17) is 0 Å². The lowest BCUT2D eigenvalue weighted by atomic mass is 9.75. The van der Waals surface area contributed by atoms with Crippen LogP contribution in [0, 0.1) is 0 Å². The molecule has 0 saturated heterocycles. The fourth-order valence-electron chi connectivity index (χ4n) is 6.10. The zero-order valence-corrected chi connectivity index (χ0v) is 20.5. The van der Waals surface area contributed by atoms with Crippen LogP contribution in [0.4, 0.5) is 0 Å². The summed E-state index contributed by atoms with van der Waals surface area (Å²) >= 11 is 0. The Balaban J connectivity index is 1.66. The molecule has 0 saturated carbocycles. The van der Waals surface area contributed by atoms with Crippen LogP contribution in [0.25, 0.3) is 32.7 Å². The van der Waals surface area contributed by atoms with E-state index in [-0.39, 0.29) is 0 Å². The Labute approximate surface area is 216 Å². The van der Waals surface area contributed by atoms with Gasteiger partial charge in [0.2, 0.25) is 0 Å². The second-order valence-electron chi connectivity index (χ2n) is 9.87. The van der Waals surface area contributed by atoms with E-state index in [1.807, 2.05) is 60.7 Å². The Bertz CT molecular complexity index is 1720. The van der Waals surface area contributed by atoms with Crippen molar-refractivity contribution in [2.45, 2.75) is 18.7 Å². The molecule has 0 spiro atoms. The molecular weight excluding hydrogens is 450 g/mol. The summed E-state index contributed by atoms with van der Waals surface area (Å²) in [5, 5.41) is 21.4. The summed E-state index contributed by atoms with van der Waals surface area (Å²) in [6.07, 6.45) is 0. The minimum absolute atomic E-state index is 0.667. The van der Waals surface area contributed by atoms with Gasteiger partial charge in [0.25, 0.3) is 0 Å². The van der Waals surface area contributed by atoms with E-state index in [1.54, 1.807) is 0 Å². The molecule has 1 aliphatic heterocycles. The number of nitrogens with one attached hydrogen (secondary N) is 1. The topological polar surface area (TPSA) is 32.3 Å². The van der Waals surface area contributed by atoms with Gasteiger partial charge in [-0.15, -0.1) is 0 Å². The van der Waals surface area contributed by atoms with Gasteiger partial charge in [-0.3, -0.25) is 0 Å². The second kappa shape index (κ2) is 8.70. The maximum Gasteiger partial charge on any atom is 0.140 e. The minimum Gasteiger partial charge on any atom is -0.376 e. The van der Waals surface area contributed by atoms with Gasteiger partial charge in [-0.25, -0.2) is 0 Å². The quantitative estimate of drug-likeness (QED) is 0.258. The summed E-state index contributed by atoms with van der Waals surface area (Å²) < 4.78 is 0. The van der Waals surface area contributed by atoms with E-state index in [9.17, 15) is 5.11 Å². The van der Waals surface area contributed by atoms with Gasteiger partial charge < -0.3 is 10.4 Å². The van der Waals surface area contributed by atoms with Crippen molar-refractivity contribution in [2.24, 2.45) is 0 Å². The highest BCUT2D eigenvalue weighted by molar-refractivity contribution is 6.08. The fourth-order valence-corrected chi connectivity index (χ4v) is 6.10. The highest BCUT2D eigenvalue weighted by atomic mass is 16.3. The molecule has 2 heteroatoms. The smallest absolute Gasteiger partial charge is 0.140 e. The fraction of sp³-hybridized carbons (Fsp3) is 0.0857. The summed E-state index contributed by atoms with van der Waals surface area (Å²) in [6, 6.07) is 44.0. The zero-order valence-electron chi connectivity index (χ0n) is 20.5. The van der Waals surface area contributed by atoms with Gasteiger partial charge in [0.05, 0.1) is 0 Å². The molecule has 0 aliphatic carbocycles. The predicted octanol–water partition coefficient (Wildman–Crippen LogP) is 7.55. The summed E-state index contributed by atoms with van der Waals surface area (Å²) in [7, 11) is 0. The Hall–Kier alpha value is -4.24. The molecule has 2 nitrogen and oxygen atoms in total. The van der Waals surface area contributed by atoms with Gasteiger partial charge in [0.15, 0.2) is 0 Å². The molecule has 0 atom stereocenters. The van der Waals surface area contributed by atoms with Crippen molar-refractivity contribution in [1.82, 2.24) is 5.32 Å². The molecule has 0 radical (unpaired) electrons. The number of fused-ring (bicyclic) bond motifs is 7. The first-order valence-corrected chi connectivity index (χ1v) is 12.9. The Kier molecular flexibility index (Phi) is 5.17. The molecular formula is C35H27NO. The van der Waals surface area contributed by atoms with E-state index in [1.165, 1.54) is 32.8 Å². The van der Waals surface area contributed by atoms with Crippen molar-refractivity contribution in [3.63, 3.8) is 0 Å². The molecule has 2 N–H and O–H groups in total. The first-order valence-electron chi connectivity index (χ1n) is 12.9. The van der Waals surface area contributed by atoms with Crippen LogP contribution in [0.5, 0.6) is 0 Å². The summed E-state index contributed by atoms with van der Waals surface area (Å²) in [4.78, 5) is 0. The molecule has 178 valence electrons. The van der Waals surface area contributed by atoms with E-state index in [0.717, 1.165) is 34.2 Å². The SMILES string of the molecule is OC(c1ccccc1)(c1ccccc1)c1cc2ccccc2c2c1CNCc1ccc3ccccc3c1-2. The Morgan fingerprint density at radius 1 is 0.541 bits per heavy atom. The van der Waals surface area contributed by atoms with Crippen molar-refractivity contribution < 1.29 is 5.11 Å². The van der Waals surface area contributed by atoms with Crippen molar-refractivity contribution in [3.8, 4) is 11.1 Å². The molecule has 0 bridgehead atoms. The van der Waals surface area contributed by atoms with Gasteiger partial charge in [-0.2, -0.15) is 0 Å². The van der Waals surface area contributed by atoms with Gasteiger partial charge in [0.1, 0.15) is 5.60 Å². The molecule has 6 aromatic carbocycles. The lowest BCUT2D eigenvalue weighted by Crippen LogP contribution is -2.31. The Morgan fingerprint density at radius 2 is 1.11 bits per heavy atom. The first-order chi connectivity index (χ1) is 18.2. The second-order valence-corrected chi connectivity index (χ2v) is 9.87. The molecule has 0 aromatic heterocycles. The van der Waals surface area contributed by atoms with Crippen molar-refractivity contribution in [3.05, 3.63) is 155 Å². The predicted molar refractivity (Wildman–Crippen MR) is 152 cm³/mol. The molecule has 1 heterocycles. The number of benzene rings is 6. The van der Waals surface area contributed by atoms with E-state index in [0.29, 0.717) is 6.54 Å². The van der Waals surface area contributed by atoms with Gasteiger partial charge in [-0.05, 0) is 66.6 Å². The van der Waals surface area contributed by atoms with Crippen LogP contribution < -0.4 is 5.32 Å². The summed E-state index contributed by atoms with van der Waals surface area (Å²) in [5.41, 5.74) is 6.24. The lowest BCUT2D eigenvalue weighted by Gasteiger charge is -2.33. The van der Waals surface area contributed by atoms with E-state index in [2.05, 4.69) is 72.0 Å². The molecule has 0 unspecified atom stereocenters. The average Bonchev–Trinajstić information content (AvgIpc) is 3.17. The number of rotatable bonds is 3. The Morgan fingerprint density at radius 3 is 1.78 bits per heavy atom.